The number of hydrogen-bond donors (Lipinski definition) is 1. The van der Waals surface area contributed by atoms with Gasteiger partial charge in [0.25, 0.3) is 0 Å². The van der Waals surface area contributed by atoms with E-state index in [0.29, 0.717) is 11.1 Å². The molecule has 1 aromatic carbocycles. The van der Waals surface area contributed by atoms with Gasteiger partial charge in [-0.2, -0.15) is 0 Å². The number of ether oxygens (including phenoxy) is 1. The summed E-state index contributed by atoms with van der Waals surface area (Å²) in [4.78, 5) is 11.4. The highest BCUT2D eigenvalue weighted by Gasteiger charge is 2.20. The van der Waals surface area contributed by atoms with E-state index in [4.69, 9.17) is 0 Å². The summed E-state index contributed by atoms with van der Waals surface area (Å²) in [6.45, 7) is 5.32. The molecule has 0 radical (unpaired) electrons. The second-order valence-electron chi connectivity index (χ2n) is 5.30. The zero-order valence-electron chi connectivity index (χ0n) is 11.6. The van der Waals surface area contributed by atoms with Gasteiger partial charge < -0.3 is 4.74 Å². The monoisotopic (exact) mass is 285 g/mol. The molecule has 19 heavy (non-hydrogen) atoms. The van der Waals surface area contributed by atoms with Gasteiger partial charge in [0.15, 0.2) is 0 Å². The highest BCUT2D eigenvalue weighted by Crippen LogP contribution is 2.12. The molecule has 0 amide bonds. The van der Waals surface area contributed by atoms with Gasteiger partial charge in [0.05, 0.1) is 18.4 Å². The molecular formula is C13H19NO4S. The molecule has 1 rings (SSSR count). The summed E-state index contributed by atoms with van der Waals surface area (Å²) in [5, 5.41) is 0. The van der Waals surface area contributed by atoms with Gasteiger partial charge in [-0.3, -0.25) is 0 Å². The second-order valence-corrected chi connectivity index (χ2v) is 7.03. The third-order valence-electron chi connectivity index (χ3n) is 2.17. The lowest BCUT2D eigenvalue weighted by atomic mass is 10.1. The molecule has 0 unspecified atom stereocenters. The van der Waals surface area contributed by atoms with Gasteiger partial charge in [-0.15, -0.1) is 0 Å². The zero-order valence-corrected chi connectivity index (χ0v) is 12.4. The fraction of sp³-hybridized carbons (Fsp3) is 0.462. The van der Waals surface area contributed by atoms with Crippen LogP contribution in [0.5, 0.6) is 0 Å². The first-order valence-corrected chi connectivity index (χ1v) is 7.47. The average Bonchev–Trinajstić information content (AvgIpc) is 2.24. The van der Waals surface area contributed by atoms with Crippen LogP contribution in [0.4, 0.5) is 0 Å². The maximum Gasteiger partial charge on any atom is 0.337 e. The van der Waals surface area contributed by atoms with Crippen molar-refractivity contribution in [3.63, 3.8) is 0 Å². The first kappa shape index (κ1) is 15.7. The Hall–Kier alpha value is -1.40. The van der Waals surface area contributed by atoms with E-state index >= 15 is 0 Å². The Morgan fingerprint density at radius 2 is 1.95 bits per heavy atom. The molecule has 0 bridgehead atoms. The summed E-state index contributed by atoms with van der Waals surface area (Å²) in [6, 6.07) is 6.40. The molecule has 0 aliphatic heterocycles. The third kappa shape index (κ3) is 5.40. The molecule has 0 saturated heterocycles. The first-order valence-electron chi connectivity index (χ1n) is 5.82. The number of rotatable bonds is 4. The summed E-state index contributed by atoms with van der Waals surface area (Å²) in [5.74, 6) is -0.655. The van der Waals surface area contributed by atoms with Crippen LogP contribution in [0.3, 0.4) is 0 Å². The number of methoxy groups -OCH3 is 1. The molecule has 1 aromatic rings. The standard InChI is InChI=1S/C13H19NO4S/c1-13(2,3)14-19(16,17)9-10-6-5-7-11(8-10)12(15)18-4/h5-8,14H,9H2,1-4H3. The fourth-order valence-corrected chi connectivity index (χ4v) is 3.25. The lowest BCUT2D eigenvalue weighted by Crippen LogP contribution is -2.41. The van der Waals surface area contributed by atoms with Crippen LogP contribution in [0, 0.1) is 0 Å². The molecule has 0 atom stereocenters. The number of carbonyl (C=O) groups excluding carboxylic acids is 1. The van der Waals surface area contributed by atoms with Crippen molar-refractivity contribution in [2.45, 2.75) is 32.1 Å². The van der Waals surface area contributed by atoms with E-state index in [9.17, 15) is 13.2 Å². The average molecular weight is 285 g/mol. The van der Waals surface area contributed by atoms with E-state index in [1.807, 2.05) is 0 Å². The maximum atomic E-state index is 11.9. The van der Waals surface area contributed by atoms with Gasteiger partial charge in [0.1, 0.15) is 0 Å². The molecule has 0 aromatic heterocycles. The van der Waals surface area contributed by atoms with E-state index in [-0.39, 0.29) is 5.75 Å². The fourth-order valence-electron chi connectivity index (χ4n) is 1.63. The lowest BCUT2D eigenvalue weighted by molar-refractivity contribution is 0.0600. The zero-order chi connectivity index (χ0) is 14.7. The highest BCUT2D eigenvalue weighted by molar-refractivity contribution is 7.88. The van der Waals surface area contributed by atoms with E-state index < -0.39 is 21.5 Å². The van der Waals surface area contributed by atoms with Crippen molar-refractivity contribution in [3.05, 3.63) is 35.4 Å². The molecule has 0 saturated carbocycles. The number of carbonyl (C=O) groups is 1. The van der Waals surface area contributed by atoms with Crippen LogP contribution in [-0.4, -0.2) is 27.0 Å². The van der Waals surface area contributed by atoms with Crippen LogP contribution in [0.25, 0.3) is 0 Å². The number of sulfonamides is 1. The molecule has 1 N–H and O–H groups in total. The molecule has 0 spiro atoms. The second kappa shape index (κ2) is 5.71. The Balaban J connectivity index is 2.91. The molecule has 106 valence electrons. The smallest absolute Gasteiger partial charge is 0.337 e. The van der Waals surface area contributed by atoms with Gasteiger partial charge in [-0.25, -0.2) is 17.9 Å². The molecule has 0 heterocycles. The van der Waals surface area contributed by atoms with Gasteiger partial charge in [-0.05, 0) is 38.5 Å². The first-order chi connectivity index (χ1) is 8.63. The Morgan fingerprint density at radius 3 is 2.47 bits per heavy atom. The van der Waals surface area contributed by atoms with Crippen LogP contribution in [0.2, 0.25) is 0 Å². The SMILES string of the molecule is COC(=O)c1cccc(CS(=O)(=O)NC(C)(C)C)c1. The predicted molar refractivity (Wildman–Crippen MR) is 73.3 cm³/mol. The summed E-state index contributed by atoms with van der Waals surface area (Å²) < 4.78 is 31.0. The van der Waals surface area contributed by atoms with Gasteiger partial charge >= 0.3 is 5.97 Å². The molecule has 0 fully saturated rings. The Kier molecular flexibility index (Phi) is 4.70. The number of hydrogen-bond acceptors (Lipinski definition) is 4. The summed E-state index contributed by atoms with van der Waals surface area (Å²) in [5.41, 5.74) is 0.351. The van der Waals surface area contributed by atoms with Crippen LogP contribution < -0.4 is 4.72 Å². The number of esters is 1. The third-order valence-corrected chi connectivity index (χ3v) is 3.80. The minimum Gasteiger partial charge on any atom is -0.465 e. The summed E-state index contributed by atoms with van der Waals surface area (Å²) in [6.07, 6.45) is 0. The largest absolute Gasteiger partial charge is 0.465 e. The number of benzene rings is 1. The van der Waals surface area contributed by atoms with Crippen molar-refractivity contribution < 1.29 is 17.9 Å². The summed E-state index contributed by atoms with van der Waals surface area (Å²) in [7, 11) is -2.16. The minimum atomic E-state index is -3.44. The predicted octanol–water partition coefficient (Wildman–Crippen LogP) is 1.69. The molecular weight excluding hydrogens is 266 g/mol. The normalized spacial score (nSPS) is 12.2. The molecule has 0 aliphatic carbocycles. The highest BCUT2D eigenvalue weighted by atomic mass is 32.2. The Labute approximate surface area is 114 Å². The van der Waals surface area contributed by atoms with Crippen molar-refractivity contribution in [1.82, 2.24) is 4.72 Å². The topological polar surface area (TPSA) is 72.5 Å². The van der Waals surface area contributed by atoms with Crippen molar-refractivity contribution in [2.75, 3.05) is 7.11 Å². The number of nitrogens with one attached hydrogen (secondary N) is 1. The van der Waals surface area contributed by atoms with Gasteiger partial charge in [-0.1, -0.05) is 12.1 Å². The van der Waals surface area contributed by atoms with Crippen molar-refractivity contribution >= 4 is 16.0 Å². The lowest BCUT2D eigenvalue weighted by Gasteiger charge is -2.20. The van der Waals surface area contributed by atoms with Crippen LogP contribution in [-0.2, 0) is 20.5 Å². The Morgan fingerprint density at radius 1 is 1.32 bits per heavy atom. The van der Waals surface area contributed by atoms with Gasteiger partial charge in [0.2, 0.25) is 10.0 Å². The van der Waals surface area contributed by atoms with Crippen molar-refractivity contribution in [3.8, 4) is 0 Å². The molecule has 0 aliphatic rings. The van der Waals surface area contributed by atoms with Crippen molar-refractivity contribution in [2.24, 2.45) is 0 Å². The van der Waals surface area contributed by atoms with Crippen molar-refractivity contribution in [1.29, 1.82) is 0 Å². The van der Waals surface area contributed by atoms with E-state index in [2.05, 4.69) is 9.46 Å². The molecule has 6 heteroatoms. The quantitative estimate of drug-likeness (QED) is 0.854. The Bertz CT molecular complexity index is 558. The van der Waals surface area contributed by atoms with E-state index in [0.717, 1.165) is 0 Å². The van der Waals surface area contributed by atoms with Crippen LogP contribution >= 0.6 is 0 Å². The molecule has 5 nitrogen and oxygen atoms in total. The van der Waals surface area contributed by atoms with E-state index in [1.54, 1.807) is 39.0 Å². The maximum absolute atomic E-state index is 11.9. The summed E-state index contributed by atoms with van der Waals surface area (Å²) >= 11 is 0. The minimum absolute atomic E-state index is 0.172. The van der Waals surface area contributed by atoms with Crippen LogP contribution in [0.15, 0.2) is 24.3 Å². The van der Waals surface area contributed by atoms with Gasteiger partial charge in [0, 0.05) is 5.54 Å². The van der Waals surface area contributed by atoms with Crippen LogP contribution in [0.1, 0.15) is 36.7 Å². The van der Waals surface area contributed by atoms with E-state index in [1.165, 1.54) is 13.2 Å².